The van der Waals surface area contributed by atoms with Crippen LogP contribution in [0.1, 0.15) is 37.4 Å². The third-order valence-corrected chi connectivity index (χ3v) is 3.42. The number of nitrogens with two attached hydrogens (primary N) is 1. The van der Waals surface area contributed by atoms with E-state index in [0.717, 1.165) is 23.2 Å². The molecule has 0 fully saturated rings. The minimum atomic E-state index is -0.681. The molecule has 6 nitrogen and oxygen atoms in total. The van der Waals surface area contributed by atoms with Gasteiger partial charge in [0.25, 0.3) is 0 Å². The molecule has 0 aliphatic carbocycles. The number of benzene rings is 1. The van der Waals surface area contributed by atoms with E-state index < -0.39 is 6.10 Å². The van der Waals surface area contributed by atoms with E-state index in [1.807, 2.05) is 23.6 Å². The molecular formula is C15H18N4O2. The second kappa shape index (κ2) is 5.21. The van der Waals surface area contributed by atoms with Gasteiger partial charge < -0.3 is 19.8 Å². The number of aliphatic hydroxyl groups excluding tert-OH is 1. The van der Waals surface area contributed by atoms with Gasteiger partial charge in [-0.1, -0.05) is 6.92 Å². The highest BCUT2D eigenvalue weighted by Crippen LogP contribution is 2.24. The van der Waals surface area contributed by atoms with Gasteiger partial charge in [0.2, 0.25) is 5.89 Å². The van der Waals surface area contributed by atoms with Crippen molar-refractivity contribution in [3.63, 3.8) is 0 Å². The lowest BCUT2D eigenvalue weighted by atomic mass is 10.3. The summed E-state index contributed by atoms with van der Waals surface area (Å²) in [5.41, 5.74) is 8.09. The lowest BCUT2D eigenvalue weighted by molar-refractivity contribution is 0.184. The van der Waals surface area contributed by atoms with Crippen LogP contribution in [-0.4, -0.2) is 19.6 Å². The maximum absolute atomic E-state index is 9.94. The molecule has 3 N–H and O–H groups in total. The van der Waals surface area contributed by atoms with Crippen LogP contribution in [0.2, 0.25) is 0 Å². The summed E-state index contributed by atoms with van der Waals surface area (Å²) in [6.45, 7) is 4.13. The fourth-order valence-corrected chi connectivity index (χ4v) is 2.37. The first-order valence-electron chi connectivity index (χ1n) is 6.95. The Labute approximate surface area is 122 Å². The summed E-state index contributed by atoms with van der Waals surface area (Å²) in [7, 11) is 0. The minimum absolute atomic E-state index is 0.431. The Hall–Kier alpha value is -2.34. The Morgan fingerprint density at radius 2 is 2.24 bits per heavy atom. The Morgan fingerprint density at radius 1 is 1.43 bits per heavy atom. The van der Waals surface area contributed by atoms with Gasteiger partial charge in [0.15, 0.2) is 0 Å². The predicted molar refractivity (Wildman–Crippen MR) is 79.8 cm³/mol. The summed E-state index contributed by atoms with van der Waals surface area (Å²) in [5, 5.41) is 9.94. The second-order valence-corrected chi connectivity index (χ2v) is 5.05. The van der Waals surface area contributed by atoms with Crippen molar-refractivity contribution in [2.45, 2.75) is 32.9 Å². The zero-order valence-electron chi connectivity index (χ0n) is 12.1. The topological polar surface area (TPSA) is 90.1 Å². The van der Waals surface area contributed by atoms with E-state index in [2.05, 4.69) is 9.97 Å². The zero-order chi connectivity index (χ0) is 15.0. The van der Waals surface area contributed by atoms with E-state index in [9.17, 15) is 5.11 Å². The molecule has 0 spiro atoms. The molecule has 6 heteroatoms. The molecule has 0 saturated heterocycles. The Balaban J connectivity index is 2.08. The summed E-state index contributed by atoms with van der Waals surface area (Å²) in [6, 6.07) is 5.51. The molecule has 0 bridgehead atoms. The van der Waals surface area contributed by atoms with Crippen molar-refractivity contribution < 1.29 is 9.52 Å². The molecule has 0 saturated carbocycles. The summed E-state index contributed by atoms with van der Waals surface area (Å²) in [4.78, 5) is 8.72. The summed E-state index contributed by atoms with van der Waals surface area (Å²) >= 11 is 0. The number of aryl methyl sites for hydroxylation is 1. The van der Waals surface area contributed by atoms with Crippen LogP contribution in [0.3, 0.4) is 0 Å². The molecule has 21 heavy (non-hydrogen) atoms. The normalized spacial score (nSPS) is 12.9. The maximum atomic E-state index is 9.94. The standard InChI is InChI=1S/C15H18N4O2/c1-3-11-7-17-14(21-11)8-19-13-5-4-10(16)6-12(13)18-15(19)9(2)20/h4-7,9,20H,3,8,16H2,1-2H3. The molecule has 0 amide bonds. The monoisotopic (exact) mass is 286 g/mol. The van der Waals surface area contributed by atoms with Crippen molar-refractivity contribution in [1.82, 2.24) is 14.5 Å². The third-order valence-electron chi connectivity index (χ3n) is 3.42. The highest BCUT2D eigenvalue weighted by molar-refractivity contribution is 5.79. The maximum Gasteiger partial charge on any atom is 0.214 e. The summed E-state index contributed by atoms with van der Waals surface area (Å²) in [6.07, 6.45) is 1.85. The predicted octanol–water partition coefficient (Wildman–Crippen LogP) is 2.27. The van der Waals surface area contributed by atoms with Gasteiger partial charge >= 0.3 is 0 Å². The van der Waals surface area contributed by atoms with Crippen molar-refractivity contribution in [3.8, 4) is 0 Å². The van der Waals surface area contributed by atoms with Crippen molar-refractivity contribution in [2.24, 2.45) is 0 Å². The number of aromatic nitrogens is 3. The van der Waals surface area contributed by atoms with Crippen molar-refractivity contribution in [1.29, 1.82) is 0 Å². The number of imidazole rings is 1. The largest absolute Gasteiger partial charge is 0.444 e. The molecule has 0 aliphatic heterocycles. The Bertz CT molecular complexity index is 773. The molecule has 2 heterocycles. The van der Waals surface area contributed by atoms with Crippen LogP contribution in [0.25, 0.3) is 11.0 Å². The average Bonchev–Trinajstić information content (AvgIpc) is 3.04. The van der Waals surface area contributed by atoms with E-state index in [1.54, 1.807) is 19.2 Å². The van der Waals surface area contributed by atoms with Gasteiger partial charge in [-0.15, -0.1) is 0 Å². The third kappa shape index (κ3) is 2.50. The van der Waals surface area contributed by atoms with Gasteiger partial charge in [-0.05, 0) is 25.1 Å². The number of rotatable bonds is 4. The number of nitrogens with zero attached hydrogens (tertiary/aromatic N) is 3. The van der Waals surface area contributed by atoms with Gasteiger partial charge in [0, 0.05) is 12.1 Å². The first-order valence-corrected chi connectivity index (χ1v) is 6.95. The van der Waals surface area contributed by atoms with Gasteiger partial charge in [-0.25, -0.2) is 9.97 Å². The number of oxazole rings is 1. The van der Waals surface area contributed by atoms with Crippen molar-refractivity contribution in [2.75, 3.05) is 5.73 Å². The fraction of sp³-hybridized carbons (Fsp3) is 0.333. The molecule has 3 rings (SSSR count). The van der Waals surface area contributed by atoms with Crippen LogP contribution in [-0.2, 0) is 13.0 Å². The smallest absolute Gasteiger partial charge is 0.214 e. The molecule has 2 aromatic heterocycles. The van der Waals surface area contributed by atoms with E-state index in [4.69, 9.17) is 10.2 Å². The first kappa shape index (κ1) is 13.6. The van der Waals surface area contributed by atoms with Crippen LogP contribution in [0, 0.1) is 0 Å². The summed E-state index contributed by atoms with van der Waals surface area (Å²) in [5.74, 6) is 2.02. The van der Waals surface area contributed by atoms with Crippen molar-refractivity contribution >= 4 is 16.7 Å². The molecule has 110 valence electrons. The number of anilines is 1. The molecule has 1 aromatic carbocycles. The van der Waals surface area contributed by atoms with Gasteiger partial charge in [-0.3, -0.25) is 0 Å². The van der Waals surface area contributed by atoms with Gasteiger partial charge in [0.05, 0.1) is 17.2 Å². The molecular weight excluding hydrogens is 268 g/mol. The molecule has 0 aliphatic rings. The van der Waals surface area contributed by atoms with Crippen LogP contribution < -0.4 is 5.73 Å². The SMILES string of the molecule is CCc1cnc(Cn2c(C(C)O)nc3cc(N)ccc32)o1. The molecule has 1 unspecified atom stereocenters. The van der Waals surface area contributed by atoms with E-state index in [0.29, 0.717) is 23.9 Å². The van der Waals surface area contributed by atoms with Crippen LogP contribution in [0.15, 0.2) is 28.8 Å². The van der Waals surface area contributed by atoms with Crippen LogP contribution in [0.5, 0.6) is 0 Å². The van der Waals surface area contributed by atoms with Crippen molar-refractivity contribution in [3.05, 3.63) is 41.9 Å². The molecule has 1 atom stereocenters. The number of aliphatic hydroxyl groups is 1. The summed E-state index contributed by atoms with van der Waals surface area (Å²) < 4.78 is 7.55. The quantitative estimate of drug-likeness (QED) is 0.718. The highest BCUT2D eigenvalue weighted by atomic mass is 16.4. The lowest BCUT2D eigenvalue weighted by Crippen LogP contribution is -2.08. The van der Waals surface area contributed by atoms with E-state index in [-0.39, 0.29) is 0 Å². The first-order chi connectivity index (χ1) is 10.1. The minimum Gasteiger partial charge on any atom is -0.444 e. The van der Waals surface area contributed by atoms with E-state index in [1.165, 1.54) is 0 Å². The Morgan fingerprint density at radius 3 is 2.90 bits per heavy atom. The molecule has 3 aromatic rings. The number of hydrogen-bond donors (Lipinski definition) is 2. The number of nitrogen functional groups attached to an aromatic ring is 1. The second-order valence-electron chi connectivity index (χ2n) is 5.05. The fourth-order valence-electron chi connectivity index (χ4n) is 2.37. The number of fused-ring (bicyclic) bond motifs is 1. The van der Waals surface area contributed by atoms with Crippen LogP contribution in [0.4, 0.5) is 5.69 Å². The van der Waals surface area contributed by atoms with Gasteiger partial charge in [0.1, 0.15) is 24.2 Å². The average molecular weight is 286 g/mol. The number of hydrogen-bond acceptors (Lipinski definition) is 5. The Kier molecular flexibility index (Phi) is 3.39. The zero-order valence-corrected chi connectivity index (χ0v) is 12.1. The van der Waals surface area contributed by atoms with Gasteiger partial charge in [-0.2, -0.15) is 0 Å². The lowest BCUT2D eigenvalue weighted by Gasteiger charge is -2.08. The van der Waals surface area contributed by atoms with E-state index >= 15 is 0 Å². The van der Waals surface area contributed by atoms with Crippen LogP contribution >= 0.6 is 0 Å². The molecule has 0 radical (unpaired) electrons. The highest BCUT2D eigenvalue weighted by Gasteiger charge is 2.17.